The second-order valence-electron chi connectivity index (χ2n) is 4.46. The second kappa shape index (κ2) is 8.35. The van der Waals surface area contributed by atoms with Crippen molar-refractivity contribution < 1.29 is 9.84 Å². The monoisotopic (exact) mass is 271 g/mol. The molecule has 0 heterocycles. The van der Waals surface area contributed by atoms with Crippen LogP contribution < -0.4 is 10.5 Å². The summed E-state index contributed by atoms with van der Waals surface area (Å²) in [6.45, 7) is 2.86. The predicted octanol–water partition coefficient (Wildman–Crippen LogP) is 3.29. The van der Waals surface area contributed by atoms with Crippen molar-refractivity contribution in [2.75, 3.05) is 13.2 Å². The molecule has 0 bridgehead atoms. The van der Waals surface area contributed by atoms with Gasteiger partial charge in [0.1, 0.15) is 5.75 Å². The SMILES string of the molecule is CC(N)c1cc(Cl)ccc1OCCCCCCO. The van der Waals surface area contributed by atoms with Crippen LogP contribution in [0.15, 0.2) is 18.2 Å². The van der Waals surface area contributed by atoms with E-state index in [0.717, 1.165) is 37.0 Å². The number of aliphatic hydroxyl groups is 1. The van der Waals surface area contributed by atoms with Crippen LogP contribution in [0.5, 0.6) is 5.75 Å². The van der Waals surface area contributed by atoms with Crippen molar-refractivity contribution in [3.05, 3.63) is 28.8 Å². The molecule has 3 N–H and O–H groups in total. The van der Waals surface area contributed by atoms with Crippen LogP contribution in [0.25, 0.3) is 0 Å². The maximum absolute atomic E-state index is 8.67. The van der Waals surface area contributed by atoms with Crippen LogP contribution in [0.4, 0.5) is 0 Å². The molecule has 0 aliphatic heterocycles. The van der Waals surface area contributed by atoms with Gasteiger partial charge in [0.05, 0.1) is 6.61 Å². The maximum atomic E-state index is 8.67. The minimum atomic E-state index is -0.0897. The average Bonchev–Trinajstić information content (AvgIpc) is 2.35. The van der Waals surface area contributed by atoms with Crippen LogP contribution in [0.3, 0.4) is 0 Å². The molecule has 0 saturated heterocycles. The van der Waals surface area contributed by atoms with E-state index in [1.807, 2.05) is 25.1 Å². The first-order valence-electron chi connectivity index (χ1n) is 6.44. The van der Waals surface area contributed by atoms with E-state index < -0.39 is 0 Å². The van der Waals surface area contributed by atoms with Crippen LogP contribution in [-0.2, 0) is 0 Å². The van der Waals surface area contributed by atoms with Crippen LogP contribution >= 0.6 is 11.6 Å². The molecule has 0 aliphatic rings. The molecule has 1 aromatic carbocycles. The lowest BCUT2D eigenvalue weighted by Crippen LogP contribution is -2.08. The number of nitrogens with two attached hydrogens (primary N) is 1. The number of rotatable bonds is 8. The van der Waals surface area contributed by atoms with Gasteiger partial charge in [-0.25, -0.2) is 0 Å². The summed E-state index contributed by atoms with van der Waals surface area (Å²) in [6, 6.07) is 5.45. The van der Waals surface area contributed by atoms with Crippen LogP contribution in [0, 0.1) is 0 Å². The van der Waals surface area contributed by atoms with Crippen LogP contribution in [0.1, 0.15) is 44.2 Å². The molecule has 0 aromatic heterocycles. The summed E-state index contributed by atoms with van der Waals surface area (Å²) in [5.74, 6) is 0.816. The van der Waals surface area contributed by atoms with Gasteiger partial charge >= 0.3 is 0 Å². The Morgan fingerprint density at radius 2 is 2.00 bits per heavy atom. The Bertz CT molecular complexity index is 356. The first-order valence-corrected chi connectivity index (χ1v) is 6.81. The maximum Gasteiger partial charge on any atom is 0.124 e. The highest BCUT2D eigenvalue weighted by Crippen LogP contribution is 2.27. The number of halogens is 1. The van der Waals surface area contributed by atoms with E-state index in [4.69, 9.17) is 27.2 Å². The van der Waals surface area contributed by atoms with Gasteiger partial charge in [0.2, 0.25) is 0 Å². The highest BCUT2D eigenvalue weighted by Gasteiger charge is 2.08. The largest absolute Gasteiger partial charge is 0.493 e. The van der Waals surface area contributed by atoms with E-state index >= 15 is 0 Å². The highest BCUT2D eigenvalue weighted by atomic mass is 35.5. The van der Waals surface area contributed by atoms with Gasteiger partial charge in [0.25, 0.3) is 0 Å². The third kappa shape index (κ3) is 5.25. The minimum Gasteiger partial charge on any atom is -0.493 e. The lowest BCUT2D eigenvalue weighted by Gasteiger charge is -2.14. The van der Waals surface area contributed by atoms with Gasteiger partial charge in [-0.1, -0.05) is 18.0 Å². The van der Waals surface area contributed by atoms with Crippen molar-refractivity contribution in [3.8, 4) is 5.75 Å². The zero-order valence-electron chi connectivity index (χ0n) is 10.9. The van der Waals surface area contributed by atoms with Gasteiger partial charge in [-0.15, -0.1) is 0 Å². The van der Waals surface area contributed by atoms with Crippen molar-refractivity contribution >= 4 is 11.6 Å². The Kier molecular flexibility index (Phi) is 7.09. The second-order valence-corrected chi connectivity index (χ2v) is 4.89. The van der Waals surface area contributed by atoms with Gasteiger partial charge in [-0.3, -0.25) is 0 Å². The molecule has 0 saturated carbocycles. The average molecular weight is 272 g/mol. The zero-order valence-corrected chi connectivity index (χ0v) is 11.6. The van der Waals surface area contributed by atoms with Gasteiger partial charge in [-0.05, 0) is 44.4 Å². The molecule has 102 valence electrons. The first kappa shape index (κ1) is 15.3. The molecule has 1 unspecified atom stereocenters. The van der Waals surface area contributed by atoms with Gasteiger partial charge < -0.3 is 15.6 Å². The number of aliphatic hydroxyl groups excluding tert-OH is 1. The fourth-order valence-electron chi connectivity index (χ4n) is 1.76. The van der Waals surface area contributed by atoms with Crippen molar-refractivity contribution in [2.24, 2.45) is 5.73 Å². The summed E-state index contributed by atoms with van der Waals surface area (Å²) in [4.78, 5) is 0. The molecule has 18 heavy (non-hydrogen) atoms. The molecule has 0 amide bonds. The molecular weight excluding hydrogens is 250 g/mol. The molecule has 0 aliphatic carbocycles. The standard InChI is InChI=1S/C14H22ClNO2/c1-11(16)13-10-12(15)6-7-14(13)18-9-5-3-2-4-8-17/h6-7,10-11,17H,2-5,8-9,16H2,1H3. The molecule has 1 atom stereocenters. The molecule has 4 heteroatoms. The predicted molar refractivity (Wildman–Crippen MR) is 75.1 cm³/mol. The molecule has 3 nitrogen and oxygen atoms in total. The number of ether oxygens (including phenoxy) is 1. The summed E-state index contributed by atoms with van der Waals surface area (Å²) in [5, 5.41) is 9.34. The van der Waals surface area contributed by atoms with E-state index in [1.165, 1.54) is 0 Å². The number of hydrogen-bond donors (Lipinski definition) is 2. The van der Waals surface area contributed by atoms with Crippen molar-refractivity contribution in [1.29, 1.82) is 0 Å². The molecule has 0 fully saturated rings. The Morgan fingerprint density at radius 3 is 2.67 bits per heavy atom. The van der Waals surface area contributed by atoms with E-state index in [2.05, 4.69) is 0 Å². The smallest absolute Gasteiger partial charge is 0.124 e. The van der Waals surface area contributed by atoms with Crippen molar-refractivity contribution in [2.45, 2.75) is 38.6 Å². The van der Waals surface area contributed by atoms with E-state index in [0.29, 0.717) is 11.6 Å². The summed E-state index contributed by atoms with van der Waals surface area (Å²) in [5.41, 5.74) is 6.83. The summed E-state index contributed by atoms with van der Waals surface area (Å²) in [7, 11) is 0. The zero-order chi connectivity index (χ0) is 13.4. The van der Waals surface area contributed by atoms with Crippen LogP contribution in [0.2, 0.25) is 5.02 Å². The number of hydrogen-bond acceptors (Lipinski definition) is 3. The molecule has 1 rings (SSSR count). The fourth-order valence-corrected chi connectivity index (χ4v) is 1.94. The summed E-state index contributed by atoms with van der Waals surface area (Å²) < 4.78 is 5.73. The molecule has 0 radical (unpaired) electrons. The Balaban J connectivity index is 2.42. The van der Waals surface area contributed by atoms with Crippen molar-refractivity contribution in [1.82, 2.24) is 0 Å². The summed E-state index contributed by atoms with van der Waals surface area (Å²) in [6.07, 6.45) is 3.97. The minimum absolute atomic E-state index is 0.0897. The topological polar surface area (TPSA) is 55.5 Å². The number of unbranched alkanes of at least 4 members (excludes halogenated alkanes) is 3. The number of benzene rings is 1. The molecule has 0 spiro atoms. The lowest BCUT2D eigenvalue weighted by molar-refractivity contribution is 0.272. The van der Waals surface area contributed by atoms with Gasteiger partial charge in [-0.2, -0.15) is 0 Å². The summed E-state index contributed by atoms with van der Waals surface area (Å²) >= 11 is 5.94. The van der Waals surface area contributed by atoms with Gasteiger partial charge in [0, 0.05) is 23.2 Å². The normalized spacial score (nSPS) is 12.4. The van der Waals surface area contributed by atoms with Crippen molar-refractivity contribution in [3.63, 3.8) is 0 Å². The van der Waals surface area contributed by atoms with Crippen LogP contribution in [-0.4, -0.2) is 18.3 Å². The highest BCUT2D eigenvalue weighted by molar-refractivity contribution is 6.30. The van der Waals surface area contributed by atoms with E-state index in [9.17, 15) is 0 Å². The Morgan fingerprint density at radius 1 is 1.28 bits per heavy atom. The Hall–Kier alpha value is -0.770. The first-order chi connectivity index (χ1) is 8.65. The third-order valence-corrected chi connectivity index (χ3v) is 3.01. The fraction of sp³-hybridized carbons (Fsp3) is 0.571. The quantitative estimate of drug-likeness (QED) is 0.714. The van der Waals surface area contributed by atoms with E-state index in [-0.39, 0.29) is 12.6 Å². The lowest BCUT2D eigenvalue weighted by atomic mass is 10.1. The van der Waals surface area contributed by atoms with E-state index in [1.54, 1.807) is 0 Å². The Labute approximate surface area is 114 Å². The third-order valence-electron chi connectivity index (χ3n) is 2.77. The molecule has 1 aromatic rings. The molecular formula is C14H22ClNO2. The van der Waals surface area contributed by atoms with Gasteiger partial charge in [0.15, 0.2) is 0 Å².